The van der Waals surface area contributed by atoms with Gasteiger partial charge in [-0.05, 0) is 116 Å². The summed E-state index contributed by atoms with van der Waals surface area (Å²) < 4.78 is 128. The molecular weight excluding hydrogens is 947 g/mol. The van der Waals surface area contributed by atoms with Crippen molar-refractivity contribution >= 4 is 77.8 Å². The average molecular weight is 999 g/mol. The van der Waals surface area contributed by atoms with Crippen LogP contribution in [0.1, 0.15) is 13.7 Å². The van der Waals surface area contributed by atoms with Gasteiger partial charge in [0.1, 0.15) is 11.6 Å². The lowest BCUT2D eigenvalue weighted by atomic mass is 9.90. The van der Waals surface area contributed by atoms with Gasteiger partial charge >= 0.3 is 0 Å². The number of nitrogens with two attached hydrogens (primary N) is 2. The van der Waals surface area contributed by atoms with Gasteiger partial charge in [0, 0.05) is 44.4 Å². The predicted molar refractivity (Wildman–Crippen MR) is 303 cm³/mol. The Kier molecular flexibility index (Phi) is 9.41. The second-order valence-corrected chi connectivity index (χ2v) is 17.4. The Morgan fingerprint density at radius 2 is 0.789 bits per heavy atom. The summed E-state index contributed by atoms with van der Waals surface area (Å²) in [5.41, 5.74) is 1.05. The van der Waals surface area contributed by atoms with Gasteiger partial charge in [-0.15, -0.1) is 0 Å². The molecule has 10 heteroatoms. The van der Waals surface area contributed by atoms with Crippen LogP contribution in [0.3, 0.4) is 0 Å². The van der Waals surface area contributed by atoms with Gasteiger partial charge in [0.25, 0.3) is 0 Å². The van der Waals surface area contributed by atoms with E-state index in [2.05, 4.69) is 9.69 Å². The van der Waals surface area contributed by atoms with Crippen LogP contribution in [-0.4, -0.2) is 0 Å². The zero-order chi connectivity index (χ0) is 60.6. The second-order valence-electron chi connectivity index (χ2n) is 17.4. The molecular formula is C66H42F2N6O2. The predicted octanol–water partition coefficient (Wildman–Crippen LogP) is 18.1. The SMILES string of the molecule is [2H]c1c([2H])c([2H])c(N(c2c(F)cc(-c3ccccc3[N+]#[C-])cc2-c2ccccc2ON)c2ccc3ccc4c(N(c5c(F)cc(-c6ccccc6[N+]#[C-])cc5-c5ccccc5ON)c5c([2H])c([2H])c([2H])c([2H])c5[2H])ccc5ccc2c3c54)c([2H])c1[2H]. The third-order valence-corrected chi connectivity index (χ3v) is 13.4. The Balaban J connectivity index is 1.21. The molecule has 0 aliphatic rings. The Labute approximate surface area is 451 Å². The number of halogens is 2. The van der Waals surface area contributed by atoms with Crippen molar-refractivity contribution in [3.05, 3.63) is 265 Å². The molecule has 0 atom stereocenters. The summed E-state index contributed by atoms with van der Waals surface area (Å²) in [6.07, 6.45) is 0. The van der Waals surface area contributed by atoms with Crippen LogP contribution >= 0.6 is 0 Å². The zero-order valence-electron chi connectivity index (χ0n) is 49.7. The van der Waals surface area contributed by atoms with Gasteiger partial charge in [-0.2, -0.15) is 11.8 Å². The van der Waals surface area contributed by atoms with E-state index < -0.39 is 83.4 Å². The van der Waals surface area contributed by atoms with E-state index in [9.17, 15) is 5.48 Å². The molecule has 0 amide bonds. The number of hydrogen-bond donors (Lipinski definition) is 2. The van der Waals surface area contributed by atoms with E-state index in [-0.39, 0.29) is 79.0 Å². The Morgan fingerprint density at radius 1 is 0.421 bits per heavy atom. The zero-order valence-corrected chi connectivity index (χ0v) is 39.7. The van der Waals surface area contributed by atoms with Crippen molar-refractivity contribution in [2.75, 3.05) is 9.80 Å². The fraction of sp³-hybridized carbons (Fsp3) is 0. The summed E-state index contributed by atoms with van der Waals surface area (Å²) >= 11 is 0. The highest BCUT2D eigenvalue weighted by Gasteiger charge is 2.30. The summed E-state index contributed by atoms with van der Waals surface area (Å²) in [6.45, 7) is 16.0. The molecule has 0 unspecified atom stereocenters. The van der Waals surface area contributed by atoms with E-state index >= 15 is 8.78 Å². The molecule has 76 heavy (non-hydrogen) atoms. The summed E-state index contributed by atoms with van der Waals surface area (Å²) in [6, 6.07) is 38.5. The van der Waals surface area contributed by atoms with Crippen molar-refractivity contribution in [1.29, 1.82) is 0 Å². The van der Waals surface area contributed by atoms with Gasteiger partial charge in [0.15, 0.2) is 22.9 Å². The van der Waals surface area contributed by atoms with Crippen LogP contribution < -0.4 is 31.3 Å². The maximum atomic E-state index is 18.3. The molecule has 12 aromatic rings. The van der Waals surface area contributed by atoms with Crippen molar-refractivity contribution in [1.82, 2.24) is 0 Å². The Bertz CT molecular complexity index is 4560. The van der Waals surface area contributed by atoms with Gasteiger partial charge in [0.05, 0.1) is 49.6 Å². The fourth-order valence-corrected chi connectivity index (χ4v) is 10.2. The van der Waals surface area contributed by atoms with Gasteiger partial charge in [-0.25, -0.2) is 18.5 Å². The fourth-order valence-electron chi connectivity index (χ4n) is 10.2. The van der Waals surface area contributed by atoms with E-state index in [1.54, 1.807) is 158 Å². The first kappa shape index (κ1) is 36.5. The molecule has 0 spiro atoms. The van der Waals surface area contributed by atoms with Crippen molar-refractivity contribution in [2.24, 2.45) is 11.8 Å². The largest absolute Gasteiger partial charge is 0.411 e. The minimum Gasteiger partial charge on any atom is -0.411 e. The molecule has 0 fully saturated rings. The summed E-state index contributed by atoms with van der Waals surface area (Å²) in [4.78, 5) is 20.7. The normalized spacial score (nSPS) is 13.0. The maximum Gasteiger partial charge on any atom is 0.194 e. The first-order chi connectivity index (χ1) is 41.5. The minimum atomic E-state index is -0.943. The van der Waals surface area contributed by atoms with E-state index in [4.69, 9.17) is 42.8 Å². The van der Waals surface area contributed by atoms with Gasteiger partial charge in [-0.3, -0.25) is 0 Å². The average Bonchev–Trinajstić information content (AvgIpc) is 0.766. The Morgan fingerprint density at radius 3 is 1.18 bits per heavy atom. The number of rotatable bonds is 12. The van der Waals surface area contributed by atoms with Gasteiger partial charge in [-0.1, -0.05) is 158 Å². The quantitative estimate of drug-likeness (QED) is 0.0721. The van der Waals surface area contributed by atoms with Gasteiger partial charge < -0.3 is 19.5 Å². The monoisotopic (exact) mass is 998 g/mol. The van der Waals surface area contributed by atoms with Crippen molar-refractivity contribution in [2.45, 2.75) is 0 Å². The van der Waals surface area contributed by atoms with Gasteiger partial charge in [0.2, 0.25) is 0 Å². The molecule has 0 aromatic heterocycles. The van der Waals surface area contributed by atoms with E-state index in [0.717, 1.165) is 0 Å². The first-order valence-electron chi connectivity index (χ1n) is 28.5. The molecule has 362 valence electrons. The van der Waals surface area contributed by atoms with E-state index in [1.165, 1.54) is 21.9 Å². The molecule has 12 aromatic carbocycles. The summed E-state index contributed by atoms with van der Waals surface area (Å²) in [5.74, 6) is 10.1. The van der Waals surface area contributed by atoms with Crippen LogP contribution in [0.4, 0.5) is 54.3 Å². The number of hydrogen-bond acceptors (Lipinski definition) is 6. The molecule has 12 rings (SSSR count). The third kappa shape index (κ3) is 7.91. The number of para-hydroxylation sites is 6. The molecule has 0 aliphatic heterocycles. The van der Waals surface area contributed by atoms with Crippen molar-refractivity contribution in [3.63, 3.8) is 0 Å². The molecule has 0 bridgehead atoms. The molecule has 0 radical (unpaired) electrons. The lowest BCUT2D eigenvalue weighted by Crippen LogP contribution is -2.15. The standard InChI is InChI=1S/C66H42F2N6O2/c1-71-57-25-13-9-21-47(57)43-37-53(49-23-11-15-27-61(49)75-69)65(55(67)39-43)73(45-17-5-3-6-18-45)59-35-31-41-30-34-52-60(36-32-42-29-33-51(59)63(41)64(42)52)74(46-19-7-4-8-20-46)66-54(50-24-12-16-28-62(50)76-70)38-44(40-56(66)68)48-22-10-14-26-58(48)72-2/h3-40H,69-70H2/i3D,4D,5D,6D,7D,8D,17D,18D,19D,20D. The lowest BCUT2D eigenvalue weighted by molar-refractivity contribution is 0.336. The van der Waals surface area contributed by atoms with Crippen LogP contribution in [0.2, 0.25) is 0 Å². The van der Waals surface area contributed by atoms with Crippen LogP contribution in [0.25, 0.3) is 86.5 Å². The van der Waals surface area contributed by atoms with E-state index in [1.807, 2.05) is 0 Å². The number of nitrogens with zero attached hydrogens (tertiary/aromatic N) is 4. The molecule has 0 aliphatic carbocycles. The maximum absolute atomic E-state index is 18.3. The highest BCUT2D eigenvalue weighted by atomic mass is 19.1. The van der Waals surface area contributed by atoms with Crippen LogP contribution in [0.5, 0.6) is 11.5 Å². The van der Waals surface area contributed by atoms with E-state index in [0.29, 0.717) is 43.4 Å². The third-order valence-electron chi connectivity index (χ3n) is 13.4. The first-order valence-corrected chi connectivity index (χ1v) is 23.5. The van der Waals surface area contributed by atoms with Crippen LogP contribution in [0.15, 0.2) is 230 Å². The van der Waals surface area contributed by atoms with Crippen LogP contribution in [0, 0.1) is 24.8 Å². The molecule has 0 saturated heterocycles. The molecule has 8 nitrogen and oxygen atoms in total. The number of benzene rings is 12. The molecule has 4 N–H and O–H groups in total. The number of anilines is 6. The van der Waals surface area contributed by atoms with Crippen LogP contribution in [-0.2, 0) is 0 Å². The molecule has 0 heterocycles. The topological polar surface area (TPSA) is 85.7 Å². The smallest absolute Gasteiger partial charge is 0.194 e. The lowest BCUT2D eigenvalue weighted by Gasteiger charge is -2.32. The minimum absolute atomic E-state index is 0.0813. The highest BCUT2D eigenvalue weighted by Crippen LogP contribution is 2.53. The van der Waals surface area contributed by atoms with Crippen molar-refractivity contribution in [3.8, 4) is 56.0 Å². The molecule has 0 saturated carbocycles. The van der Waals surface area contributed by atoms with Crippen molar-refractivity contribution < 1.29 is 32.2 Å². The Hall–Kier alpha value is -10.4. The second kappa shape index (κ2) is 19.6. The highest BCUT2D eigenvalue weighted by molar-refractivity contribution is 6.28. The summed E-state index contributed by atoms with van der Waals surface area (Å²) in [7, 11) is 0. The summed E-state index contributed by atoms with van der Waals surface area (Å²) in [5, 5.41) is 2.82.